The maximum Gasteiger partial charge on any atom is 0.119 e. The minimum absolute atomic E-state index is 0.155. The summed E-state index contributed by atoms with van der Waals surface area (Å²) in [7, 11) is 0. The van der Waals surface area contributed by atoms with Crippen molar-refractivity contribution in [3.05, 3.63) is 59.9 Å². The van der Waals surface area contributed by atoms with Crippen molar-refractivity contribution < 1.29 is 9.84 Å². The summed E-state index contributed by atoms with van der Waals surface area (Å²) in [5.74, 6) is 0.825. The molecule has 0 amide bonds. The standard InChI is InChI=1S/C17H22N2O2/c1-13(2)21-16-5-3-15(4-6-16)17(20)12-19-11-14-7-9-18-10-8-14/h3-10,13,17,19-20H,11-12H2,1-2H3. The van der Waals surface area contributed by atoms with Gasteiger partial charge < -0.3 is 15.2 Å². The number of pyridine rings is 1. The molecule has 4 heteroatoms. The molecule has 0 aliphatic rings. The van der Waals surface area contributed by atoms with E-state index in [4.69, 9.17) is 4.74 Å². The van der Waals surface area contributed by atoms with E-state index < -0.39 is 6.10 Å². The largest absolute Gasteiger partial charge is 0.491 e. The molecule has 2 rings (SSSR count). The van der Waals surface area contributed by atoms with Crippen LogP contribution in [-0.2, 0) is 6.54 Å². The molecule has 1 heterocycles. The first kappa shape index (κ1) is 15.5. The van der Waals surface area contributed by atoms with Gasteiger partial charge in [0, 0.05) is 25.5 Å². The number of hydrogen-bond acceptors (Lipinski definition) is 4. The Labute approximate surface area is 125 Å². The van der Waals surface area contributed by atoms with E-state index in [1.54, 1.807) is 12.4 Å². The van der Waals surface area contributed by atoms with Gasteiger partial charge in [0.25, 0.3) is 0 Å². The fraction of sp³-hybridized carbons (Fsp3) is 0.353. The summed E-state index contributed by atoms with van der Waals surface area (Å²) in [6.07, 6.45) is 3.16. The molecule has 1 unspecified atom stereocenters. The fourth-order valence-corrected chi connectivity index (χ4v) is 2.01. The van der Waals surface area contributed by atoms with Crippen LogP contribution in [0.15, 0.2) is 48.8 Å². The van der Waals surface area contributed by atoms with E-state index in [1.165, 1.54) is 0 Å². The molecule has 0 saturated heterocycles. The monoisotopic (exact) mass is 286 g/mol. The summed E-state index contributed by atoms with van der Waals surface area (Å²) in [4.78, 5) is 3.98. The van der Waals surface area contributed by atoms with E-state index in [9.17, 15) is 5.11 Å². The highest BCUT2D eigenvalue weighted by atomic mass is 16.5. The third-order valence-corrected chi connectivity index (χ3v) is 3.05. The van der Waals surface area contributed by atoms with Crippen LogP contribution >= 0.6 is 0 Å². The Morgan fingerprint density at radius 3 is 2.38 bits per heavy atom. The number of rotatable bonds is 7. The molecule has 0 radical (unpaired) electrons. The molecule has 0 aliphatic carbocycles. The molecule has 0 fully saturated rings. The van der Waals surface area contributed by atoms with Gasteiger partial charge in [-0.15, -0.1) is 0 Å². The summed E-state index contributed by atoms with van der Waals surface area (Å²) in [6, 6.07) is 11.5. The Kier molecular flexibility index (Phi) is 5.72. The zero-order valence-electron chi connectivity index (χ0n) is 12.5. The summed E-state index contributed by atoms with van der Waals surface area (Å²) < 4.78 is 5.58. The first-order valence-electron chi connectivity index (χ1n) is 7.19. The van der Waals surface area contributed by atoms with Crippen LogP contribution in [0.5, 0.6) is 5.75 Å². The van der Waals surface area contributed by atoms with Crippen molar-refractivity contribution in [3.63, 3.8) is 0 Å². The molecule has 1 aromatic carbocycles. The zero-order valence-corrected chi connectivity index (χ0v) is 12.5. The highest BCUT2D eigenvalue weighted by Crippen LogP contribution is 2.18. The molecule has 2 N–H and O–H groups in total. The van der Waals surface area contributed by atoms with E-state index in [2.05, 4.69) is 10.3 Å². The molecule has 0 spiro atoms. The first-order valence-corrected chi connectivity index (χ1v) is 7.19. The minimum atomic E-state index is -0.528. The van der Waals surface area contributed by atoms with E-state index in [0.717, 1.165) is 16.9 Å². The number of ether oxygens (including phenoxy) is 1. The van der Waals surface area contributed by atoms with Gasteiger partial charge in [-0.25, -0.2) is 0 Å². The lowest BCUT2D eigenvalue weighted by molar-refractivity contribution is 0.174. The summed E-state index contributed by atoms with van der Waals surface area (Å²) >= 11 is 0. The van der Waals surface area contributed by atoms with Crippen molar-refractivity contribution in [1.29, 1.82) is 0 Å². The molecule has 21 heavy (non-hydrogen) atoms. The van der Waals surface area contributed by atoms with Gasteiger partial charge in [0.05, 0.1) is 12.2 Å². The zero-order chi connectivity index (χ0) is 15.1. The van der Waals surface area contributed by atoms with Gasteiger partial charge in [0.15, 0.2) is 0 Å². The molecule has 0 saturated carbocycles. The van der Waals surface area contributed by atoms with Crippen LogP contribution in [0.4, 0.5) is 0 Å². The van der Waals surface area contributed by atoms with Gasteiger partial charge >= 0.3 is 0 Å². The van der Waals surface area contributed by atoms with Gasteiger partial charge in [0.1, 0.15) is 5.75 Å². The van der Waals surface area contributed by atoms with Gasteiger partial charge in [-0.2, -0.15) is 0 Å². The smallest absolute Gasteiger partial charge is 0.119 e. The molecule has 0 aliphatic heterocycles. The molecule has 4 nitrogen and oxygen atoms in total. The number of hydrogen-bond donors (Lipinski definition) is 2. The quantitative estimate of drug-likeness (QED) is 0.821. The van der Waals surface area contributed by atoms with Crippen molar-refractivity contribution >= 4 is 0 Å². The molecule has 1 atom stereocenters. The second kappa shape index (κ2) is 7.76. The predicted octanol–water partition coefficient (Wildman–Crippen LogP) is 2.69. The number of aliphatic hydroxyl groups is 1. The van der Waals surface area contributed by atoms with Crippen molar-refractivity contribution in [2.24, 2.45) is 0 Å². The third kappa shape index (κ3) is 5.17. The van der Waals surface area contributed by atoms with Gasteiger partial charge in [-0.05, 0) is 49.2 Å². The van der Waals surface area contributed by atoms with Crippen LogP contribution in [0.25, 0.3) is 0 Å². The maximum absolute atomic E-state index is 10.2. The van der Waals surface area contributed by atoms with E-state index in [0.29, 0.717) is 13.1 Å². The lowest BCUT2D eigenvalue weighted by atomic mass is 10.1. The summed E-state index contributed by atoms with van der Waals surface area (Å²) in [5, 5.41) is 13.4. The minimum Gasteiger partial charge on any atom is -0.491 e. The molecule has 0 bridgehead atoms. The number of aliphatic hydroxyl groups excluding tert-OH is 1. The lowest BCUT2D eigenvalue weighted by Gasteiger charge is -2.14. The second-order valence-corrected chi connectivity index (χ2v) is 5.24. The van der Waals surface area contributed by atoms with Crippen molar-refractivity contribution in [2.45, 2.75) is 32.6 Å². The molecule has 1 aromatic heterocycles. The second-order valence-electron chi connectivity index (χ2n) is 5.24. The van der Waals surface area contributed by atoms with Crippen LogP contribution in [-0.4, -0.2) is 22.7 Å². The molecular formula is C17H22N2O2. The average molecular weight is 286 g/mol. The Balaban J connectivity index is 1.81. The number of nitrogens with one attached hydrogen (secondary N) is 1. The summed E-state index contributed by atoms with van der Waals surface area (Å²) in [5.41, 5.74) is 2.03. The highest BCUT2D eigenvalue weighted by molar-refractivity contribution is 5.28. The Bertz CT molecular complexity index is 526. The SMILES string of the molecule is CC(C)Oc1ccc(C(O)CNCc2ccncc2)cc1. The van der Waals surface area contributed by atoms with Gasteiger partial charge in [-0.1, -0.05) is 12.1 Å². The van der Waals surface area contributed by atoms with E-state index in [1.807, 2.05) is 50.2 Å². The fourth-order valence-electron chi connectivity index (χ4n) is 2.01. The van der Waals surface area contributed by atoms with Crippen LogP contribution in [0.2, 0.25) is 0 Å². The first-order chi connectivity index (χ1) is 10.1. The van der Waals surface area contributed by atoms with Crippen molar-refractivity contribution in [2.75, 3.05) is 6.54 Å². The van der Waals surface area contributed by atoms with Crippen LogP contribution in [0.1, 0.15) is 31.1 Å². The van der Waals surface area contributed by atoms with Crippen LogP contribution in [0, 0.1) is 0 Å². The van der Waals surface area contributed by atoms with Crippen molar-refractivity contribution in [3.8, 4) is 5.75 Å². The van der Waals surface area contributed by atoms with Crippen molar-refractivity contribution in [1.82, 2.24) is 10.3 Å². The molecular weight excluding hydrogens is 264 g/mol. The predicted molar refractivity (Wildman–Crippen MR) is 83.1 cm³/mol. The topological polar surface area (TPSA) is 54.4 Å². The van der Waals surface area contributed by atoms with Crippen LogP contribution < -0.4 is 10.1 Å². The number of aromatic nitrogens is 1. The molecule has 112 valence electrons. The van der Waals surface area contributed by atoms with Crippen LogP contribution in [0.3, 0.4) is 0 Å². The lowest BCUT2D eigenvalue weighted by Crippen LogP contribution is -2.21. The van der Waals surface area contributed by atoms with Gasteiger partial charge in [0.2, 0.25) is 0 Å². The Morgan fingerprint density at radius 2 is 1.76 bits per heavy atom. The normalized spacial score (nSPS) is 12.4. The number of nitrogens with zero attached hydrogens (tertiary/aromatic N) is 1. The average Bonchev–Trinajstić information content (AvgIpc) is 2.48. The Morgan fingerprint density at radius 1 is 1.10 bits per heavy atom. The summed E-state index contributed by atoms with van der Waals surface area (Å²) in [6.45, 7) is 5.21. The number of benzene rings is 1. The maximum atomic E-state index is 10.2. The Hall–Kier alpha value is -1.91. The van der Waals surface area contributed by atoms with Gasteiger partial charge in [-0.3, -0.25) is 4.98 Å². The van der Waals surface area contributed by atoms with E-state index in [-0.39, 0.29) is 6.10 Å². The highest BCUT2D eigenvalue weighted by Gasteiger charge is 2.07. The molecule has 2 aromatic rings. The van der Waals surface area contributed by atoms with E-state index >= 15 is 0 Å². The third-order valence-electron chi connectivity index (χ3n) is 3.05.